The zero-order chi connectivity index (χ0) is 23.2. The zero-order valence-electron chi connectivity index (χ0n) is 18.2. The summed E-state index contributed by atoms with van der Waals surface area (Å²) in [5.41, 5.74) is -0.152. The van der Waals surface area contributed by atoms with Crippen LogP contribution in [0.25, 0.3) is 0 Å². The average molecular weight is 456 g/mol. The van der Waals surface area contributed by atoms with Crippen LogP contribution in [0, 0.1) is 0 Å². The molecule has 0 aliphatic carbocycles. The molecule has 0 radical (unpaired) electrons. The largest absolute Gasteiger partial charge is 0.465 e. The van der Waals surface area contributed by atoms with Crippen molar-refractivity contribution in [3.05, 3.63) is 29.3 Å². The second-order valence-corrected chi connectivity index (χ2v) is 9.17. The van der Waals surface area contributed by atoms with E-state index in [1.54, 1.807) is 19.0 Å². The fourth-order valence-electron chi connectivity index (χ4n) is 3.47. The van der Waals surface area contributed by atoms with Crippen LogP contribution in [-0.4, -0.2) is 90.1 Å². The highest BCUT2D eigenvalue weighted by Gasteiger charge is 2.31. The van der Waals surface area contributed by atoms with E-state index in [-0.39, 0.29) is 34.5 Å². The molecule has 1 unspecified atom stereocenters. The van der Waals surface area contributed by atoms with Crippen LogP contribution in [0.3, 0.4) is 0 Å². The lowest BCUT2D eigenvalue weighted by Crippen LogP contribution is -2.43. The van der Waals surface area contributed by atoms with Crippen molar-refractivity contribution in [2.45, 2.75) is 30.2 Å². The Morgan fingerprint density at radius 3 is 2.19 bits per heavy atom. The van der Waals surface area contributed by atoms with Crippen molar-refractivity contribution < 1.29 is 32.3 Å². The number of sulfonamides is 1. The maximum atomic E-state index is 12.7. The summed E-state index contributed by atoms with van der Waals surface area (Å²) in [6, 6.07) is 3.33. The molecule has 0 bridgehead atoms. The molecule has 1 heterocycles. The number of ether oxygens (including phenoxy) is 2. The summed E-state index contributed by atoms with van der Waals surface area (Å²) in [5.74, 6) is -1.49. The Morgan fingerprint density at radius 1 is 1.10 bits per heavy atom. The molecule has 1 aliphatic rings. The van der Waals surface area contributed by atoms with E-state index in [1.807, 2.05) is 0 Å². The number of carbonyl (C=O) groups is 3. The fourth-order valence-corrected chi connectivity index (χ4v) is 4.61. The van der Waals surface area contributed by atoms with Gasteiger partial charge in [0.05, 0.1) is 36.3 Å². The van der Waals surface area contributed by atoms with Gasteiger partial charge in [0.2, 0.25) is 15.9 Å². The van der Waals surface area contributed by atoms with Crippen LogP contribution in [0.2, 0.25) is 0 Å². The van der Waals surface area contributed by atoms with Gasteiger partial charge in [-0.1, -0.05) is 0 Å². The zero-order valence-corrected chi connectivity index (χ0v) is 19.0. The third kappa shape index (κ3) is 6.25. The van der Waals surface area contributed by atoms with Gasteiger partial charge in [0.15, 0.2) is 0 Å². The Labute approximate surface area is 182 Å². The van der Waals surface area contributed by atoms with E-state index >= 15 is 0 Å². The second kappa shape index (κ2) is 10.7. The monoisotopic (exact) mass is 455 g/mol. The number of esters is 2. The first-order valence-electron chi connectivity index (χ1n) is 9.87. The number of hydrogen-bond donors (Lipinski definition) is 1. The summed E-state index contributed by atoms with van der Waals surface area (Å²) in [6.07, 6.45) is 2.21. The lowest BCUT2D eigenvalue weighted by Gasteiger charge is -2.26. The molecule has 1 amide bonds. The molecule has 1 atom stereocenters. The van der Waals surface area contributed by atoms with E-state index in [4.69, 9.17) is 0 Å². The molecule has 1 N–H and O–H groups in total. The van der Waals surface area contributed by atoms with Crippen LogP contribution in [0.1, 0.15) is 40.0 Å². The number of nitrogens with zero attached hydrogens (tertiary/aromatic N) is 2. The minimum Gasteiger partial charge on any atom is -0.465 e. The summed E-state index contributed by atoms with van der Waals surface area (Å²) in [7, 11) is 1.77. The quantitative estimate of drug-likeness (QED) is 0.421. The van der Waals surface area contributed by atoms with Crippen LogP contribution in [0.5, 0.6) is 0 Å². The van der Waals surface area contributed by atoms with Crippen molar-refractivity contribution in [1.29, 1.82) is 0 Å². The van der Waals surface area contributed by atoms with Crippen molar-refractivity contribution in [3.8, 4) is 0 Å². The summed E-state index contributed by atoms with van der Waals surface area (Å²) < 4.78 is 37.2. The van der Waals surface area contributed by atoms with E-state index in [9.17, 15) is 22.8 Å². The minimum atomic E-state index is -3.99. The summed E-state index contributed by atoms with van der Waals surface area (Å²) in [5, 5.41) is 0. The van der Waals surface area contributed by atoms with Gasteiger partial charge < -0.3 is 14.4 Å². The van der Waals surface area contributed by atoms with Gasteiger partial charge in [0.1, 0.15) is 0 Å². The van der Waals surface area contributed by atoms with Crippen molar-refractivity contribution in [2.75, 3.05) is 47.9 Å². The first kappa shape index (κ1) is 24.8. The van der Waals surface area contributed by atoms with Gasteiger partial charge in [-0.3, -0.25) is 9.69 Å². The molecular weight excluding hydrogens is 426 g/mol. The summed E-state index contributed by atoms with van der Waals surface area (Å²) in [6.45, 7) is 1.50. The highest BCUT2D eigenvalue weighted by molar-refractivity contribution is 7.89. The molecule has 0 spiro atoms. The number of methoxy groups -OCH3 is 2. The van der Waals surface area contributed by atoms with Crippen molar-refractivity contribution in [2.24, 2.45) is 0 Å². The predicted octanol–water partition coefficient (Wildman–Crippen LogP) is 0.481. The Hall–Kier alpha value is -2.50. The Balaban J connectivity index is 2.06. The number of carbonyl (C=O) groups excluding carboxylic acids is 3. The van der Waals surface area contributed by atoms with E-state index < -0.39 is 22.0 Å². The van der Waals surface area contributed by atoms with Crippen molar-refractivity contribution in [3.63, 3.8) is 0 Å². The Bertz CT molecular complexity index is 896. The number of likely N-dealkylation sites (tertiary alicyclic amines) is 1. The molecule has 11 heteroatoms. The molecule has 1 aromatic carbocycles. The second-order valence-electron chi connectivity index (χ2n) is 7.41. The summed E-state index contributed by atoms with van der Waals surface area (Å²) >= 11 is 0. The SMILES string of the molecule is COC(=O)c1cc(C(=O)OC)cc(S(=O)(=O)NCCCN2CCCC2C(=O)N(C)C)c1. The Morgan fingerprint density at radius 2 is 1.68 bits per heavy atom. The number of rotatable bonds is 9. The lowest BCUT2D eigenvalue weighted by atomic mass is 10.1. The average Bonchev–Trinajstić information content (AvgIpc) is 3.22. The van der Waals surface area contributed by atoms with E-state index in [1.165, 1.54) is 6.07 Å². The lowest BCUT2D eigenvalue weighted by molar-refractivity contribution is -0.133. The minimum absolute atomic E-state index is 0.0491. The topological polar surface area (TPSA) is 122 Å². The molecule has 0 saturated carbocycles. The van der Waals surface area contributed by atoms with E-state index in [0.717, 1.165) is 45.7 Å². The van der Waals surface area contributed by atoms with Gasteiger partial charge in [-0.2, -0.15) is 0 Å². The predicted molar refractivity (Wildman–Crippen MR) is 112 cm³/mol. The van der Waals surface area contributed by atoms with Gasteiger partial charge in [0, 0.05) is 27.2 Å². The van der Waals surface area contributed by atoms with Crippen LogP contribution in [-0.2, 0) is 24.3 Å². The molecule has 1 fully saturated rings. The molecule has 31 heavy (non-hydrogen) atoms. The van der Waals surface area contributed by atoms with Crippen LogP contribution in [0.4, 0.5) is 0 Å². The van der Waals surface area contributed by atoms with Crippen LogP contribution < -0.4 is 4.72 Å². The molecule has 0 aromatic heterocycles. The number of hydrogen-bond acceptors (Lipinski definition) is 8. The summed E-state index contributed by atoms with van der Waals surface area (Å²) in [4.78, 5) is 39.4. The highest BCUT2D eigenvalue weighted by Crippen LogP contribution is 2.20. The van der Waals surface area contributed by atoms with Gasteiger partial charge in [-0.15, -0.1) is 0 Å². The molecule has 1 aromatic rings. The first-order valence-corrected chi connectivity index (χ1v) is 11.4. The standard InChI is InChI=1S/C20H29N3O7S/c1-22(2)18(24)17-7-5-9-23(17)10-6-8-21-31(27,28)16-12-14(19(25)29-3)11-15(13-16)20(26)30-4/h11-13,17,21H,5-10H2,1-4H3. The smallest absolute Gasteiger partial charge is 0.337 e. The maximum absolute atomic E-state index is 12.7. The van der Waals surface area contributed by atoms with Gasteiger partial charge in [-0.05, 0) is 44.0 Å². The molecule has 172 valence electrons. The molecule has 10 nitrogen and oxygen atoms in total. The molecular formula is C20H29N3O7S. The number of likely N-dealkylation sites (N-methyl/N-ethyl adjacent to an activating group) is 1. The normalized spacial score (nSPS) is 16.7. The first-order chi connectivity index (χ1) is 14.6. The number of nitrogens with one attached hydrogen (secondary N) is 1. The maximum Gasteiger partial charge on any atom is 0.337 e. The number of amides is 1. The third-order valence-electron chi connectivity index (χ3n) is 5.06. The number of benzene rings is 1. The van der Waals surface area contributed by atoms with Crippen molar-refractivity contribution in [1.82, 2.24) is 14.5 Å². The third-order valence-corrected chi connectivity index (χ3v) is 6.50. The molecule has 1 saturated heterocycles. The van der Waals surface area contributed by atoms with E-state index in [2.05, 4.69) is 19.1 Å². The van der Waals surface area contributed by atoms with E-state index in [0.29, 0.717) is 13.0 Å². The van der Waals surface area contributed by atoms with Gasteiger partial charge in [0.25, 0.3) is 0 Å². The Kier molecular flexibility index (Phi) is 8.54. The van der Waals surface area contributed by atoms with Crippen molar-refractivity contribution >= 4 is 27.9 Å². The van der Waals surface area contributed by atoms with Gasteiger partial charge in [-0.25, -0.2) is 22.7 Å². The fraction of sp³-hybridized carbons (Fsp3) is 0.550. The van der Waals surface area contributed by atoms with Gasteiger partial charge >= 0.3 is 11.9 Å². The molecule has 1 aliphatic heterocycles. The highest BCUT2D eigenvalue weighted by atomic mass is 32.2. The van der Waals surface area contributed by atoms with Crippen LogP contribution >= 0.6 is 0 Å². The van der Waals surface area contributed by atoms with Crippen LogP contribution in [0.15, 0.2) is 23.1 Å². The molecule has 2 rings (SSSR count).